The van der Waals surface area contributed by atoms with E-state index in [0.29, 0.717) is 5.13 Å². The molecule has 0 unspecified atom stereocenters. The molecule has 0 amide bonds. The van der Waals surface area contributed by atoms with Gasteiger partial charge in [-0.15, -0.1) is 22.7 Å². The van der Waals surface area contributed by atoms with Gasteiger partial charge in [0.2, 0.25) is 0 Å². The van der Waals surface area contributed by atoms with Gasteiger partial charge in [-0.05, 0) is 23.4 Å². The van der Waals surface area contributed by atoms with Gasteiger partial charge in [0.15, 0.2) is 5.13 Å². The molecule has 1 aliphatic heterocycles. The van der Waals surface area contributed by atoms with Crippen molar-refractivity contribution < 1.29 is 0 Å². The van der Waals surface area contributed by atoms with Gasteiger partial charge in [0, 0.05) is 36.3 Å². The molecule has 3 heterocycles. The number of aromatic nitrogens is 1. The summed E-state index contributed by atoms with van der Waals surface area (Å²) in [5, 5.41) is 4.95. The Morgan fingerprint density at radius 3 is 3.18 bits per heavy atom. The molecular weight excluding hydrogens is 250 g/mol. The molecule has 0 bridgehead atoms. The first kappa shape index (κ1) is 11.2. The molecule has 1 aliphatic rings. The minimum atomic E-state index is 0.679. The van der Waals surface area contributed by atoms with Gasteiger partial charge in [-0.1, -0.05) is 0 Å². The van der Waals surface area contributed by atoms with E-state index in [1.807, 2.05) is 11.3 Å². The van der Waals surface area contributed by atoms with Crippen molar-refractivity contribution in [3.63, 3.8) is 0 Å². The van der Waals surface area contributed by atoms with E-state index in [1.165, 1.54) is 29.9 Å². The summed E-state index contributed by atoms with van der Waals surface area (Å²) in [5.74, 6) is 0. The van der Waals surface area contributed by atoms with Crippen molar-refractivity contribution in [2.45, 2.75) is 19.4 Å². The maximum absolute atomic E-state index is 5.63. The lowest BCUT2D eigenvalue weighted by molar-refractivity contribution is 0.259. The van der Waals surface area contributed by atoms with Crippen molar-refractivity contribution in [2.24, 2.45) is 0 Å². The monoisotopic (exact) mass is 265 g/mol. The predicted octanol–water partition coefficient (Wildman–Crippen LogP) is 2.39. The molecule has 17 heavy (non-hydrogen) atoms. The summed E-state index contributed by atoms with van der Waals surface area (Å²) in [6.07, 6.45) is 2.21. The van der Waals surface area contributed by atoms with Crippen LogP contribution in [0.15, 0.2) is 16.8 Å². The summed E-state index contributed by atoms with van der Waals surface area (Å²) >= 11 is 3.42. The number of anilines is 1. The Bertz CT molecular complexity index is 503. The fraction of sp³-hybridized carbons (Fsp3) is 0.417. The fourth-order valence-electron chi connectivity index (χ4n) is 2.21. The molecule has 0 aliphatic carbocycles. The third kappa shape index (κ3) is 2.51. The maximum Gasteiger partial charge on any atom is 0.180 e. The molecule has 3 rings (SSSR count). The molecule has 2 aromatic rings. The lowest BCUT2D eigenvalue weighted by Crippen LogP contribution is -2.31. The SMILES string of the molecule is Nc1nc(CCN2CCc3sccc3C2)cs1. The number of hydrogen-bond donors (Lipinski definition) is 1. The van der Waals surface area contributed by atoms with Crippen LogP contribution in [0.5, 0.6) is 0 Å². The molecule has 5 heteroatoms. The van der Waals surface area contributed by atoms with Crippen LogP contribution >= 0.6 is 22.7 Å². The molecule has 0 radical (unpaired) electrons. The van der Waals surface area contributed by atoms with E-state index >= 15 is 0 Å². The van der Waals surface area contributed by atoms with Crippen LogP contribution in [0.25, 0.3) is 0 Å². The summed E-state index contributed by atoms with van der Waals surface area (Å²) in [4.78, 5) is 8.37. The van der Waals surface area contributed by atoms with Gasteiger partial charge in [-0.3, -0.25) is 4.90 Å². The quantitative estimate of drug-likeness (QED) is 0.926. The molecular formula is C12H15N3S2. The van der Waals surface area contributed by atoms with Crippen LogP contribution in [-0.4, -0.2) is 23.0 Å². The van der Waals surface area contributed by atoms with Gasteiger partial charge < -0.3 is 5.73 Å². The van der Waals surface area contributed by atoms with Crippen LogP contribution in [0.4, 0.5) is 5.13 Å². The molecule has 0 saturated carbocycles. The van der Waals surface area contributed by atoms with Gasteiger partial charge in [0.05, 0.1) is 5.69 Å². The van der Waals surface area contributed by atoms with Crippen LogP contribution in [0.3, 0.4) is 0 Å². The second-order valence-corrected chi connectivity index (χ2v) is 6.21. The molecule has 2 N–H and O–H groups in total. The van der Waals surface area contributed by atoms with Crippen LogP contribution in [0.1, 0.15) is 16.1 Å². The van der Waals surface area contributed by atoms with E-state index in [2.05, 4.69) is 26.7 Å². The third-order valence-electron chi connectivity index (χ3n) is 3.14. The van der Waals surface area contributed by atoms with Crippen LogP contribution < -0.4 is 5.73 Å². The summed E-state index contributed by atoms with van der Waals surface area (Å²) in [7, 11) is 0. The number of fused-ring (bicyclic) bond motifs is 1. The highest BCUT2D eigenvalue weighted by Crippen LogP contribution is 2.24. The number of nitrogens with two attached hydrogens (primary N) is 1. The van der Waals surface area contributed by atoms with Crippen LogP contribution in [0, 0.1) is 0 Å². The standard InChI is InChI=1S/C12H15N3S2/c13-12-14-10(8-17-12)1-4-15-5-2-11-9(7-15)3-6-16-11/h3,6,8H,1-2,4-5,7H2,(H2,13,14). The second-order valence-electron chi connectivity index (χ2n) is 4.32. The van der Waals surface area contributed by atoms with Crippen molar-refractivity contribution in [3.05, 3.63) is 33.0 Å². The molecule has 0 spiro atoms. The van der Waals surface area contributed by atoms with Crippen molar-refractivity contribution in [1.82, 2.24) is 9.88 Å². The Kier molecular flexibility index (Phi) is 3.13. The zero-order valence-electron chi connectivity index (χ0n) is 9.56. The van der Waals surface area contributed by atoms with Gasteiger partial charge in [-0.2, -0.15) is 0 Å². The Morgan fingerprint density at radius 2 is 2.35 bits per heavy atom. The summed E-state index contributed by atoms with van der Waals surface area (Å²) in [6.45, 7) is 3.35. The Morgan fingerprint density at radius 1 is 1.41 bits per heavy atom. The lowest BCUT2D eigenvalue weighted by Gasteiger charge is -2.26. The first-order valence-electron chi connectivity index (χ1n) is 5.79. The molecule has 0 saturated heterocycles. The third-order valence-corrected chi connectivity index (χ3v) is 4.89. The van der Waals surface area contributed by atoms with Crippen LogP contribution in [-0.2, 0) is 19.4 Å². The first-order valence-corrected chi connectivity index (χ1v) is 7.54. The average molecular weight is 265 g/mol. The molecule has 0 fully saturated rings. The average Bonchev–Trinajstić information content (AvgIpc) is 2.94. The lowest BCUT2D eigenvalue weighted by atomic mass is 10.1. The van der Waals surface area contributed by atoms with E-state index in [4.69, 9.17) is 5.73 Å². The van der Waals surface area contributed by atoms with E-state index in [0.717, 1.165) is 25.2 Å². The highest BCUT2D eigenvalue weighted by Gasteiger charge is 2.16. The smallest absolute Gasteiger partial charge is 0.180 e. The number of nitrogen functional groups attached to an aromatic ring is 1. The number of hydrogen-bond acceptors (Lipinski definition) is 5. The van der Waals surface area contributed by atoms with Crippen LogP contribution in [0.2, 0.25) is 0 Å². The zero-order valence-corrected chi connectivity index (χ0v) is 11.2. The number of nitrogens with zero attached hydrogens (tertiary/aromatic N) is 2. The second kappa shape index (κ2) is 4.76. The van der Waals surface area contributed by atoms with Gasteiger partial charge in [0.25, 0.3) is 0 Å². The summed E-state index contributed by atoms with van der Waals surface area (Å²) in [5.41, 5.74) is 8.27. The molecule has 0 atom stereocenters. The van der Waals surface area contributed by atoms with Crippen molar-refractivity contribution in [2.75, 3.05) is 18.8 Å². The van der Waals surface area contributed by atoms with Gasteiger partial charge in [0.1, 0.15) is 0 Å². The van der Waals surface area contributed by atoms with Crippen molar-refractivity contribution in [3.8, 4) is 0 Å². The van der Waals surface area contributed by atoms with E-state index in [1.54, 1.807) is 4.88 Å². The van der Waals surface area contributed by atoms with Gasteiger partial charge in [-0.25, -0.2) is 4.98 Å². The number of thiazole rings is 1. The normalized spacial score (nSPS) is 16.0. The Hall–Kier alpha value is -0.910. The zero-order chi connectivity index (χ0) is 11.7. The fourth-order valence-corrected chi connectivity index (χ4v) is 3.69. The van der Waals surface area contributed by atoms with Crippen molar-refractivity contribution >= 4 is 27.8 Å². The minimum absolute atomic E-state index is 0.679. The maximum atomic E-state index is 5.63. The summed E-state index contributed by atoms with van der Waals surface area (Å²) < 4.78 is 0. The van der Waals surface area contributed by atoms with E-state index in [-0.39, 0.29) is 0 Å². The van der Waals surface area contributed by atoms with Gasteiger partial charge >= 0.3 is 0 Å². The Balaban J connectivity index is 1.57. The van der Waals surface area contributed by atoms with Crippen molar-refractivity contribution in [1.29, 1.82) is 0 Å². The topological polar surface area (TPSA) is 42.1 Å². The highest BCUT2D eigenvalue weighted by atomic mass is 32.1. The largest absolute Gasteiger partial charge is 0.375 e. The predicted molar refractivity (Wildman–Crippen MR) is 73.5 cm³/mol. The van der Waals surface area contributed by atoms with E-state index in [9.17, 15) is 0 Å². The van der Waals surface area contributed by atoms with E-state index < -0.39 is 0 Å². The minimum Gasteiger partial charge on any atom is -0.375 e. The number of thiophene rings is 1. The molecule has 2 aromatic heterocycles. The Labute approximate surface area is 109 Å². The molecule has 0 aromatic carbocycles. The molecule has 3 nitrogen and oxygen atoms in total. The summed E-state index contributed by atoms with van der Waals surface area (Å²) in [6, 6.07) is 2.26. The molecule has 90 valence electrons. The first-order chi connectivity index (χ1) is 8.31. The highest BCUT2D eigenvalue weighted by molar-refractivity contribution is 7.13. The number of rotatable bonds is 3.